The zero-order chi connectivity index (χ0) is 9.98. The van der Waals surface area contributed by atoms with E-state index in [0.717, 1.165) is 12.2 Å². The molecular weight excluding hydrogens is 150 g/mol. The molecule has 0 aliphatic heterocycles. The van der Waals surface area contributed by atoms with E-state index >= 15 is 0 Å². The molecule has 0 aliphatic rings. The normalized spacial score (nSPS) is 11.8. The number of aldehydes is 1. The van der Waals surface area contributed by atoms with Gasteiger partial charge in [-0.1, -0.05) is 27.2 Å². The van der Waals surface area contributed by atoms with Gasteiger partial charge in [0.1, 0.15) is 6.29 Å². The van der Waals surface area contributed by atoms with Crippen LogP contribution in [0, 0.1) is 5.92 Å². The van der Waals surface area contributed by atoms with Crippen molar-refractivity contribution in [2.75, 3.05) is 7.05 Å². The van der Waals surface area contributed by atoms with Crippen molar-refractivity contribution in [2.24, 2.45) is 5.92 Å². The highest BCUT2D eigenvalue weighted by molar-refractivity contribution is 5.50. The molecule has 12 heavy (non-hydrogen) atoms. The van der Waals surface area contributed by atoms with Crippen LogP contribution in [-0.4, -0.2) is 19.4 Å². The molecule has 2 heteroatoms. The number of carbonyl (C=O) groups is 1. The molecular formula is C10H23NO. The van der Waals surface area contributed by atoms with Crippen LogP contribution in [0.5, 0.6) is 0 Å². The topological polar surface area (TPSA) is 29.1 Å². The fourth-order valence-corrected chi connectivity index (χ4v) is 0.262. The standard InChI is InChI=1S/C5H11NO.C5H12/c1-5(6-2)3-4-7;1-4-5(2)3/h4-6H,3H2,1-2H3;5H,4H2,1-3H3. The largest absolute Gasteiger partial charge is 0.317 e. The molecule has 0 aliphatic carbocycles. The van der Waals surface area contributed by atoms with Crippen LogP contribution in [0.25, 0.3) is 0 Å². The van der Waals surface area contributed by atoms with Crippen LogP contribution in [0.2, 0.25) is 0 Å². The van der Waals surface area contributed by atoms with Crippen molar-refractivity contribution in [3.63, 3.8) is 0 Å². The quantitative estimate of drug-likeness (QED) is 0.661. The summed E-state index contributed by atoms with van der Waals surface area (Å²) < 4.78 is 0. The van der Waals surface area contributed by atoms with Crippen molar-refractivity contribution in [3.8, 4) is 0 Å². The van der Waals surface area contributed by atoms with Gasteiger partial charge in [-0.2, -0.15) is 0 Å². The second kappa shape index (κ2) is 10.6. The lowest BCUT2D eigenvalue weighted by atomic mass is 10.2. The summed E-state index contributed by atoms with van der Waals surface area (Å²) in [7, 11) is 1.84. The van der Waals surface area contributed by atoms with E-state index in [2.05, 4.69) is 26.1 Å². The van der Waals surface area contributed by atoms with E-state index in [0.29, 0.717) is 12.5 Å². The van der Waals surface area contributed by atoms with E-state index in [9.17, 15) is 4.79 Å². The van der Waals surface area contributed by atoms with Crippen molar-refractivity contribution in [1.82, 2.24) is 5.32 Å². The summed E-state index contributed by atoms with van der Waals surface area (Å²) in [5.41, 5.74) is 0. The molecule has 0 amide bonds. The van der Waals surface area contributed by atoms with E-state index in [1.807, 2.05) is 14.0 Å². The summed E-state index contributed by atoms with van der Waals surface area (Å²) in [6.45, 7) is 8.61. The van der Waals surface area contributed by atoms with Gasteiger partial charge in [-0.25, -0.2) is 0 Å². The molecule has 0 bridgehead atoms. The Balaban J connectivity index is 0. The van der Waals surface area contributed by atoms with Gasteiger partial charge in [0.05, 0.1) is 0 Å². The zero-order valence-corrected chi connectivity index (χ0v) is 9.05. The lowest BCUT2D eigenvalue weighted by molar-refractivity contribution is -0.108. The fraction of sp³-hybridized carbons (Fsp3) is 0.900. The van der Waals surface area contributed by atoms with Gasteiger partial charge in [0.25, 0.3) is 0 Å². The van der Waals surface area contributed by atoms with Gasteiger partial charge in [0.2, 0.25) is 0 Å². The molecule has 2 nitrogen and oxygen atoms in total. The van der Waals surface area contributed by atoms with E-state index in [4.69, 9.17) is 0 Å². The van der Waals surface area contributed by atoms with Crippen molar-refractivity contribution < 1.29 is 4.79 Å². The van der Waals surface area contributed by atoms with Crippen molar-refractivity contribution in [3.05, 3.63) is 0 Å². The first-order chi connectivity index (χ1) is 5.58. The summed E-state index contributed by atoms with van der Waals surface area (Å²) in [6.07, 6.45) is 2.83. The first-order valence-electron chi connectivity index (χ1n) is 4.69. The molecule has 0 aromatic carbocycles. The summed E-state index contributed by atoms with van der Waals surface area (Å²) in [5, 5.41) is 2.93. The molecule has 1 atom stereocenters. The van der Waals surface area contributed by atoms with E-state index in [1.165, 1.54) is 6.42 Å². The van der Waals surface area contributed by atoms with E-state index < -0.39 is 0 Å². The highest BCUT2D eigenvalue weighted by Gasteiger charge is 1.91. The first kappa shape index (κ1) is 14.2. The number of rotatable bonds is 4. The molecule has 0 saturated carbocycles. The maximum absolute atomic E-state index is 9.73. The smallest absolute Gasteiger partial charge is 0.121 e. The second-order valence-electron chi connectivity index (χ2n) is 3.39. The average Bonchev–Trinajstić information content (AvgIpc) is 2.06. The highest BCUT2D eigenvalue weighted by Crippen LogP contribution is 1.93. The Morgan fingerprint density at radius 1 is 1.33 bits per heavy atom. The van der Waals surface area contributed by atoms with Crippen molar-refractivity contribution in [2.45, 2.75) is 46.6 Å². The number of hydrogen-bond donors (Lipinski definition) is 1. The SMILES string of the molecule is CCC(C)C.CNC(C)CC=O. The third-order valence-electron chi connectivity index (χ3n) is 1.76. The van der Waals surface area contributed by atoms with Gasteiger partial charge in [0, 0.05) is 12.5 Å². The molecule has 0 spiro atoms. The minimum atomic E-state index is 0.331. The summed E-state index contributed by atoms with van der Waals surface area (Å²) in [6, 6.07) is 0.331. The fourth-order valence-electron chi connectivity index (χ4n) is 0.262. The molecule has 0 aromatic rings. The molecule has 1 N–H and O–H groups in total. The lowest BCUT2D eigenvalue weighted by Gasteiger charge is -2.01. The van der Waals surface area contributed by atoms with Gasteiger partial charge < -0.3 is 10.1 Å². The molecule has 0 fully saturated rings. The maximum atomic E-state index is 9.73. The summed E-state index contributed by atoms with van der Waals surface area (Å²) in [4.78, 5) is 9.73. The third-order valence-corrected chi connectivity index (χ3v) is 1.76. The Morgan fingerprint density at radius 3 is 1.83 bits per heavy atom. The molecule has 74 valence electrons. The predicted molar refractivity (Wildman–Crippen MR) is 54.3 cm³/mol. The monoisotopic (exact) mass is 173 g/mol. The van der Waals surface area contributed by atoms with Gasteiger partial charge in [-0.15, -0.1) is 0 Å². The molecule has 0 heterocycles. The van der Waals surface area contributed by atoms with Crippen LogP contribution < -0.4 is 5.32 Å². The van der Waals surface area contributed by atoms with Crippen molar-refractivity contribution >= 4 is 6.29 Å². The Morgan fingerprint density at radius 2 is 1.75 bits per heavy atom. The molecule has 0 rings (SSSR count). The van der Waals surface area contributed by atoms with Crippen molar-refractivity contribution in [1.29, 1.82) is 0 Å². The van der Waals surface area contributed by atoms with E-state index in [1.54, 1.807) is 0 Å². The summed E-state index contributed by atoms with van der Waals surface area (Å²) in [5.74, 6) is 0.884. The minimum absolute atomic E-state index is 0.331. The second-order valence-corrected chi connectivity index (χ2v) is 3.39. The van der Waals surface area contributed by atoms with Gasteiger partial charge in [0.15, 0.2) is 0 Å². The number of nitrogens with one attached hydrogen (secondary N) is 1. The van der Waals surface area contributed by atoms with Crippen LogP contribution in [0.3, 0.4) is 0 Å². The molecule has 0 saturated heterocycles. The number of hydrogen-bond acceptors (Lipinski definition) is 2. The van der Waals surface area contributed by atoms with Gasteiger partial charge >= 0.3 is 0 Å². The van der Waals surface area contributed by atoms with Gasteiger partial charge in [-0.05, 0) is 19.9 Å². The van der Waals surface area contributed by atoms with E-state index in [-0.39, 0.29) is 0 Å². The van der Waals surface area contributed by atoms with Crippen LogP contribution in [-0.2, 0) is 4.79 Å². The maximum Gasteiger partial charge on any atom is 0.121 e. The zero-order valence-electron chi connectivity index (χ0n) is 9.05. The van der Waals surface area contributed by atoms with Crippen LogP contribution in [0.1, 0.15) is 40.5 Å². The van der Waals surface area contributed by atoms with Gasteiger partial charge in [-0.3, -0.25) is 0 Å². The predicted octanol–water partition coefficient (Wildman–Crippen LogP) is 2.24. The third kappa shape index (κ3) is 16.3. The molecule has 0 aromatic heterocycles. The van der Waals surface area contributed by atoms with Crippen LogP contribution >= 0.6 is 0 Å². The Bertz CT molecular complexity index is 91.8. The number of carbonyl (C=O) groups excluding carboxylic acids is 1. The highest BCUT2D eigenvalue weighted by atomic mass is 16.1. The first-order valence-corrected chi connectivity index (χ1v) is 4.69. The van der Waals surface area contributed by atoms with Crippen LogP contribution in [0.15, 0.2) is 0 Å². The molecule has 1 unspecified atom stereocenters. The minimum Gasteiger partial charge on any atom is -0.317 e. The molecule has 0 radical (unpaired) electrons. The Kier molecular flexibility index (Phi) is 12.6. The lowest BCUT2D eigenvalue weighted by Crippen LogP contribution is -2.20. The Hall–Kier alpha value is -0.370. The van der Waals surface area contributed by atoms with Crippen LogP contribution in [0.4, 0.5) is 0 Å². The Labute approximate surface area is 76.7 Å². The average molecular weight is 173 g/mol. The summed E-state index contributed by atoms with van der Waals surface area (Å²) >= 11 is 0.